The summed E-state index contributed by atoms with van der Waals surface area (Å²) in [5.41, 5.74) is 3.01. The van der Waals surface area contributed by atoms with Crippen LogP contribution in [0.5, 0.6) is 11.5 Å². The summed E-state index contributed by atoms with van der Waals surface area (Å²) in [5.74, 6) is 1.43. The van der Waals surface area contributed by atoms with Crippen molar-refractivity contribution in [3.63, 3.8) is 0 Å². The SMILES string of the molecule is CCOc1ccc(CCNC(=O)N(Cc2ccccc2)c2ccccc2)cc1OC. The lowest BCUT2D eigenvalue weighted by molar-refractivity contribution is 0.246. The fourth-order valence-corrected chi connectivity index (χ4v) is 3.21. The minimum atomic E-state index is -0.122. The molecule has 3 rings (SSSR count). The molecule has 2 amide bonds. The van der Waals surface area contributed by atoms with E-state index in [4.69, 9.17) is 9.47 Å². The number of amides is 2. The molecule has 0 spiro atoms. The fourth-order valence-electron chi connectivity index (χ4n) is 3.21. The highest BCUT2D eigenvalue weighted by Gasteiger charge is 2.16. The van der Waals surface area contributed by atoms with Gasteiger partial charge in [0.1, 0.15) is 0 Å². The van der Waals surface area contributed by atoms with Gasteiger partial charge in [-0.1, -0.05) is 54.6 Å². The number of methoxy groups -OCH3 is 1. The van der Waals surface area contributed by atoms with E-state index in [0.717, 1.165) is 22.6 Å². The van der Waals surface area contributed by atoms with Gasteiger partial charge in [-0.25, -0.2) is 4.79 Å². The van der Waals surface area contributed by atoms with Crippen LogP contribution in [0.25, 0.3) is 0 Å². The monoisotopic (exact) mass is 404 g/mol. The van der Waals surface area contributed by atoms with E-state index in [9.17, 15) is 4.79 Å². The molecule has 1 N–H and O–H groups in total. The normalized spacial score (nSPS) is 10.3. The van der Waals surface area contributed by atoms with Crippen LogP contribution >= 0.6 is 0 Å². The Kier molecular flexibility index (Phi) is 7.72. The molecule has 30 heavy (non-hydrogen) atoms. The van der Waals surface area contributed by atoms with Crippen molar-refractivity contribution >= 4 is 11.7 Å². The maximum absolute atomic E-state index is 13.0. The van der Waals surface area contributed by atoms with Gasteiger partial charge in [0.15, 0.2) is 11.5 Å². The molecule has 156 valence electrons. The summed E-state index contributed by atoms with van der Waals surface area (Å²) in [7, 11) is 1.63. The highest BCUT2D eigenvalue weighted by Crippen LogP contribution is 2.28. The van der Waals surface area contributed by atoms with Crippen LogP contribution in [0.15, 0.2) is 78.9 Å². The number of carbonyl (C=O) groups is 1. The number of urea groups is 1. The molecule has 0 fully saturated rings. The Labute approximate surface area is 178 Å². The third kappa shape index (κ3) is 5.77. The number of hydrogen-bond donors (Lipinski definition) is 1. The number of rotatable bonds is 9. The Bertz CT molecular complexity index is 930. The van der Waals surface area contributed by atoms with Crippen LogP contribution < -0.4 is 19.7 Å². The number of benzene rings is 3. The smallest absolute Gasteiger partial charge is 0.322 e. The van der Waals surface area contributed by atoms with Crippen LogP contribution in [0.1, 0.15) is 18.1 Å². The molecule has 0 aliphatic rings. The van der Waals surface area contributed by atoms with Gasteiger partial charge in [-0.3, -0.25) is 4.90 Å². The summed E-state index contributed by atoms with van der Waals surface area (Å²) in [6.45, 7) is 3.56. The Balaban J connectivity index is 1.64. The van der Waals surface area contributed by atoms with Gasteiger partial charge >= 0.3 is 6.03 Å². The summed E-state index contributed by atoms with van der Waals surface area (Å²) in [4.78, 5) is 14.7. The zero-order valence-electron chi connectivity index (χ0n) is 17.5. The third-order valence-corrected chi connectivity index (χ3v) is 4.71. The van der Waals surface area contributed by atoms with E-state index >= 15 is 0 Å². The number of nitrogens with one attached hydrogen (secondary N) is 1. The Morgan fingerprint density at radius 3 is 2.27 bits per heavy atom. The summed E-state index contributed by atoms with van der Waals surface area (Å²) < 4.78 is 11.0. The van der Waals surface area contributed by atoms with E-state index in [-0.39, 0.29) is 6.03 Å². The quantitative estimate of drug-likeness (QED) is 0.543. The second kappa shape index (κ2) is 10.9. The molecule has 3 aromatic rings. The molecule has 0 atom stereocenters. The molecule has 3 aromatic carbocycles. The minimum Gasteiger partial charge on any atom is -0.493 e. The lowest BCUT2D eigenvalue weighted by Gasteiger charge is -2.23. The largest absolute Gasteiger partial charge is 0.493 e. The Morgan fingerprint density at radius 1 is 0.900 bits per heavy atom. The van der Waals surface area contributed by atoms with Crippen LogP contribution in [0.3, 0.4) is 0 Å². The molecule has 0 heterocycles. The van der Waals surface area contributed by atoms with Crippen molar-refractivity contribution in [3.05, 3.63) is 90.0 Å². The maximum atomic E-state index is 13.0. The van der Waals surface area contributed by atoms with Crippen molar-refractivity contribution in [3.8, 4) is 11.5 Å². The number of hydrogen-bond acceptors (Lipinski definition) is 3. The molecule has 0 aromatic heterocycles. The number of nitrogens with zero attached hydrogens (tertiary/aromatic N) is 1. The van der Waals surface area contributed by atoms with Gasteiger partial charge in [-0.05, 0) is 48.7 Å². The summed E-state index contributed by atoms with van der Waals surface area (Å²) in [5, 5.41) is 3.04. The third-order valence-electron chi connectivity index (χ3n) is 4.71. The first-order chi connectivity index (χ1) is 14.7. The van der Waals surface area contributed by atoms with Crippen LogP contribution in [-0.2, 0) is 13.0 Å². The van der Waals surface area contributed by atoms with Gasteiger partial charge in [0, 0.05) is 12.2 Å². The van der Waals surface area contributed by atoms with Gasteiger partial charge < -0.3 is 14.8 Å². The molecule has 0 saturated carbocycles. The summed E-state index contributed by atoms with van der Waals surface area (Å²) in [6, 6.07) is 25.4. The van der Waals surface area contributed by atoms with Crippen LogP contribution in [0.4, 0.5) is 10.5 Å². The van der Waals surface area contributed by atoms with E-state index in [1.807, 2.05) is 85.8 Å². The minimum absolute atomic E-state index is 0.122. The first-order valence-electron chi connectivity index (χ1n) is 10.1. The molecule has 0 radical (unpaired) electrons. The van der Waals surface area contributed by atoms with Crippen molar-refractivity contribution in [2.24, 2.45) is 0 Å². The van der Waals surface area contributed by atoms with Crippen molar-refractivity contribution in [2.75, 3.05) is 25.2 Å². The molecular formula is C25H28N2O3. The van der Waals surface area contributed by atoms with Gasteiger partial charge in [0.05, 0.1) is 20.3 Å². The molecule has 5 nitrogen and oxygen atoms in total. The lowest BCUT2D eigenvalue weighted by Crippen LogP contribution is -2.40. The molecule has 0 bridgehead atoms. The van der Waals surface area contributed by atoms with Crippen molar-refractivity contribution in [1.29, 1.82) is 0 Å². The van der Waals surface area contributed by atoms with E-state index in [1.165, 1.54) is 0 Å². The van der Waals surface area contributed by atoms with Gasteiger partial charge in [0.25, 0.3) is 0 Å². The van der Waals surface area contributed by atoms with Crippen molar-refractivity contribution in [1.82, 2.24) is 5.32 Å². The maximum Gasteiger partial charge on any atom is 0.322 e. The molecule has 5 heteroatoms. The zero-order chi connectivity index (χ0) is 21.2. The summed E-state index contributed by atoms with van der Waals surface area (Å²) in [6.07, 6.45) is 0.697. The topological polar surface area (TPSA) is 50.8 Å². The van der Waals surface area contributed by atoms with E-state index in [2.05, 4.69) is 5.32 Å². The standard InChI is InChI=1S/C25H28N2O3/c1-3-30-23-15-14-20(18-24(23)29-2)16-17-26-25(28)27(22-12-8-5-9-13-22)19-21-10-6-4-7-11-21/h4-15,18H,3,16-17,19H2,1-2H3,(H,26,28). The average Bonchev–Trinajstić information content (AvgIpc) is 2.79. The Hall–Kier alpha value is -3.47. The predicted molar refractivity (Wildman–Crippen MR) is 120 cm³/mol. The van der Waals surface area contributed by atoms with Gasteiger partial charge in [0.2, 0.25) is 0 Å². The predicted octanol–water partition coefficient (Wildman–Crippen LogP) is 5.05. The van der Waals surface area contributed by atoms with Crippen molar-refractivity contribution < 1.29 is 14.3 Å². The van der Waals surface area contributed by atoms with Gasteiger partial charge in [-0.15, -0.1) is 0 Å². The fraction of sp³-hybridized carbons (Fsp3) is 0.240. The highest BCUT2D eigenvalue weighted by atomic mass is 16.5. The first-order valence-corrected chi connectivity index (χ1v) is 10.1. The van der Waals surface area contributed by atoms with Crippen molar-refractivity contribution in [2.45, 2.75) is 19.9 Å². The number of anilines is 1. The lowest BCUT2D eigenvalue weighted by atomic mass is 10.1. The number of carbonyl (C=O) groups excluding carboxylic acids is 1. The number of para-hydroxylation sites is 1. The van der Waals surface area contributed by atoms with E-state index in [0.29, 0.717) is 31.9 Å². The van der Waals surface area contributed by atoms with E-state index < -0.39 is 0 Å². The second-order valence-electron chi connectivity index (χ2n) is 6.81. The molecule has 0 unspecified atom stereocenters. The molecule has 0 aliphatic heterocycles. The average molecular weight is 405 g/mol. The molecule has 0 aliphatic carbocycles. The molecular weight excluding hydrogens is 376 g/mol. The summed E-state index contributed by atoms with van der Waals surface area (Å²) >= 11 is 0. The highest BCUT2D eigenvalue weighted by molar-refractivity contribution is 5.91. The van der Waals surface area contributed by atoms with Crippen LogP contribution in [0, 0.1) is 0 Å². The van der Waals surface area contributed by atoms with E-state index in [1.54, 1.807) is 12.0 Å². The second-order valence-corrected chi connectivity index (χ2v) is 6.81. The number of ether oxygens (including phenoxy) is 2. The van der Waals surface area contributed by atoms with Crippen LogP contribution in [0.2, 0.25) is 0 Å². The molecule has 0 saturated heterocycles. The van der Waals surface area contributed by atoms with Crippen LogP contribution in [-0.4, -0.2) is 26.3 Å². The Morgan fingerprint density at radius 2 is 1.60 bits per heavy atom. The van der Waals surface area contributed by atoms with Gasteiger partial charge in [-0.2, -0.15) is 0 Å². The first kappa shape index (κ1) is 21.2. The zero-order valence-corrected chi connectivity index (χ0v) is 17.5.